The molecule has 1 heterocycles. The Morgan fingerprint density at radius 2 is 1.78 bits per heavy atom. The lowest BCUT2D eigenvalue weighted by atomic mass is 9.86. The van der Waals surface area contributed by atoms with Crippen molar-refractivity contribution in [3.63, 3.8) is 0 Å². The van der Waals surface area contributed by atoms with Crippen molar-refractivity contribution in [3.05, 3.63) is 28.7 Å². The van der Waals surface area contributed by atoms with Crippen LogP contribution >= 0.6 is 15.9 Å². The zero-order valence-corrected chi connectivity index (χ0v) is 12.8. The molecule has 0 unspecified atom stereocenters. The Hall–Kier alpha value is -0.580. The van der Waals surface area contributed by atoms with Crippen molar-refractivity contribution in [2.75, 3.05) is 38.6 Å². The van der Waals surface area contributed by atoms with Crippen LogP contribution in [0.3, 0.4) is 0 Å². The first-order valence-corrected chi connectivity index (χ1v) is 7.25. The lowest BCUT2D eigenvalue weighted by Crippen LogP contribution is -2.57. The van der Waals surface area contributed by atoms with Gasteiger partial charge in [-0.1, -0.05) is 15.9 Å². The highest BCUT2D eigenvalue weighted by Crippen LogP contribution is 2.29. The standard InChI is InChI=1S/C14H22BrN3/c1-17(2)14(11-16)7-9-18(10-8-14)13-5-3-12(15)4-6-13/h3-6H,7-11,16H2,1-2H3. The third-order valence-electron chi connectivity index (χ3n) is 4.21. The lowest BCUT2D eigenvalue weighted by molar-refractivity contribution is 0.125. The van der Waals surface area contributed by atoms with E-state index in [0.717, 1.165) is 36.9 Å². The molecule has 0 saturated carbocycles. The van der Waals surface area contributed by atoms with Gasteiger partial charge in [-0.15, -0.1) is 0 Å². The van der Waals surface area contributed by atoms with Gasteiger partial charge >= 0.3 is 0 Å². The van der Waals surface area contributed by atoms with Crippen molar-refractivity contribution in [1.29, 1.82) is 0 Å². The number of nitrogens with two attached hydrogens (primary N) is 1. The van der Waals surface area contributed by atoms with Gasteiger partial charge in [-0.05, 0) is 51.2 Å². The minimum atomic E-state index is 0.186. The predicted octanol–water partition coefficient (Wildman–Crippen LogP) is 2.31. The van der Waals surface area contributed by atoms with Crippen molar-refractivity contribution >= 4 is 21.6 Å². The molecule has 0 atom stereocenters. The normalized spacial score (nSPS) is 19.3. The Balaban J connectivity index is 2.04. The molecule has 4 heteroatoms. The Kier molecular flexibility index (Phi) is 4.30. The van der Waals surface area contributed by atoms with Crippen LogP contribution in [0.1, 0.15) is 12.8 Å². The molecular weight excluding hydrogens is 290 g/mol. The van der Waals surface area contributed by atoms with Crippen molar-refractivity contribution < 1.29 is 0 Å². The van der Waals surface area contributed by atoms with Gasteiger partial charge in [-0.3, -0.25) is 0 Å². The maximum atomic E-state index is 5.98. The summed E-state index contributed by atoms with van der Waals surface area (Å²) in [6.07, 6.45) is 2.26. The quantitative estimate of drug-likeness (QED) is 0.930. The number of benzene rings is 1. The summed E-state index contributed by atoms with van der Waals surface area (Å²) in [7, 11) is 4.28. The summed E-state index contributed by atoms with van der Waals surface area (Å²) in [6.45, 7) is 2.90. The number of likely N-dealkylation sites (N-methyl/N-ethyl adjacent to an activating group) is 1. The molecule has 100 valence electrons. The average molecular weight is 312 g/mol. The third-order valence-corrected chi connectivity index (χ3v) is 4.74. The summed E-state index contributed by atoms with van der Waals surface area (Å²) in [5.74, 6) is 0. The van der Waals surface area contributed by atoms with E-state index in [0.29, 0.717) is 0 Å². The van der Waals surface area contributed by atoms with Gasteiger partial charge in [0.2, 0.25) is 0 Å². The molecule has 0 aliphatic carbocycles. The van der Waals surface area contributed by atoms with Gasteiger partial charge in [0, 0.05) is 35.3 Å². The molecule has 1 aromatic rings. The number of hydrogen-bond donors (Lipinski definition) is 1. The van der Waals surface area contributed by atoms with E-state index >= 15 is 0 Å². The molecule has 2 N–H and O–H groups in total. The minimum absolute atomic E-state index is 0.186. The molecule has 1 aliphatic heterocycles. The van der Waals surface area contributed by atoms with Crippen LogP contribution in [0.15, 0.2) is 28.7 Å². The fraction of sp³-hybridized carbons (Fsp3) is 0.571. The van der Waals surface area contributed by atoms with Crippen LogP contribution in [0.2, 0.25) is 0 Å². The summed E-state index contributed by atoms with van der Waals surface area (Å²) >= 11 is 3.48. The van der Waals surface area contributed by atoms with Gasteiger partial charge < -0.3 is 15.5 Å². The number of nitrogens with zero attached hydrogens (tertiary/aromatic N) is 2. The SMILES string of the molecule is CN(C)C1(CN)CCN(c2ccc(Br)cc2)CC1. The van der Waals surface area contributed by atoms with Gasteiger partial charge in [-0.2, -0.15) is 0 Å². The molecule has 1 aromatic carbocycles. The van der Waals surface area contributed by atoms with Crippen LogP contribution in [0, 0.1) is 0 Å². The smallest absolute Gasteiger partial charge is 0.0366 e. The second-order valence-electron chi connectivity index (χ2n) is 5.29. The fourth-order valence-electron chi connectivity index (χ4n) is 2.67. The molecule has 1 fully saturated rings. The first kappa shape index (κ1) is 13.8. The van der Waals surface area contributed by atoms with Gasteiger partial charge in [-0.25, -0.2) is 0 Å². The molecule has 0 spiro atoms. The summed E-state index contributed by atoms with van der Waals surface area (Å²) in [5.41, 5.74) is 7.47. The second-order valence-corrected chi connectivity index (χ2v) is 6.20. The molecule has 3 nitrogen and oxygen atoms in total. The van der Waals surface area contributed by atoms with Crippen LogP contribution in [0.25, 0.3) is 0 Å². The average Bonchev–Trinajstić information content (AvgIpc) is 2.39. The lowest BCUT2D eigenvalue weighted by Gasteiger charge is -2.46. The highest BCUT2D eigenvalue weighted by molar-refractivity contribution is 9.10. The summed E-state index contributed by atoms with van der Waals surface area (Å²) in [6, 6.07) is 8.56. The Labute approximate surface area is 118 Å². The largest absolute Gasteiger partial charge is 0.371 e. The van der Waals surface area contributed by atoms with E-state index < -0.39 is 0 Å². The van der Waals surface area contributed by atoms with E-state index in [-0.39, 0.29) is 5.54 Å². The van der Waals surface area contributed by atoms with Crippen LogP contribution < -0.4 is 10.6 Å². The molecular formula is C14H22BrN3. The molecule has 0 radical (unpaired) electrons. The number of anilines is 1. The highest BCUT2D eigenvalue weighted by atomic mass is 79.9. The predicted molar refractivity (Wildman–Crippen MR) is 81.1 cm³/mol. The first-order chi connectivity index (χ1) is 8.57. The second kappa shape index (κ2) is 5.59. The molecule has 1 aliphatic rings. The first-order valence-electron chi connectivity index (χ1n) is 6.45. The minimum Gasteiger partial charge on any atom is -0.371 e. The number of piperidine rings is 1. The van der Waals surface area contributed by atoms with E-state index in [1.807, 2.05) is 0 Å². The Bertz CT molecular complexity index is 381. The van der Waals surface area contributed by atoms with Crippen LogP contribution in [-0.2, 0) is 0 Å². The molecule has 2 rings (SSSR count). The zero-order chi connectivity index (χ0) is 13.2. The van der Waals surface area contributed by atoms with Gasteiger partial charge in [0.1, 0.15) is 0 Å². The molecule has 0 aromatic heterocycles. The Morgan fingerprint density at radius 3 is 2.22 bits per heavy atom. The van der Waals surface area contributed by atoms with Gasteiger partial charge in [0.15, 0.2) is 0 Å². The number of rotatable bonds is 3. The van der Waals surface area contributed by atoms with E-state index in [1.54, 1.807) is 0 Å². The Morgan fingerprint density at radius 1 is 1.22 bits per heavy atom. The van der Waals surface area contributed by atoms with E-state index in [1.165, 1.54) is 5.69 Å². The van der Waals surface area contributed by atoms with Crippen molar-refractivity contribution in [3.8, 4) is 0 Å². The number of halogens is 1. The number of hydrogen-bond acceptors (Lipinski definition) is 3. The summed E-state index contributed by atoms with van der Waals surface area (Å²) in [4.78, 5) is 4.75. The summed E-state index contributed by atoms with van der Waals surface area (Å²) < 4.78 is 1.13. The fourth-order valence-corrected chi connectivity index (χ4v) is 2.93. The van der Waals surface area contributed by atoms with E-state index in [9.17, 15) is 0 Å². The monoisotopic (exact) mass is 311 g/mol. The van der Waals surface area contributed by atoms with E-state index in [2.05, 4.69) is 64.1 Å². The topological polar surface area (TPSA) is 32.5 Å². The molecule has 18 heavy (non-hydrogen) atoms. The van der Waals surface area contributed by atoms with Crippen molar-refractivity contribution in [2.24, 2.45) is 5.73 Å². The van der Waals surface area contributed by atoms with Crippen LogP contribution in [-0.4, -0.2) is 44.2 Å². The van der Waals surface area contributed by atoms with Gasteiger partial charge in [0.25, 0.3) is 0 Å². The van der Waals surface area contributed by atoms with Crippen molar-refractivity contribution in [1.82, 2.24) is 4.90 Å². The highest BCUT2D eigenvalue weighted by Gasteiger charge is 2.35. The van der Waals surface area contributed by atoms with Gasteiger partial charge in [0.05, 0.1) is 0 Å². The van der Waals surface area contributed by atoms with Crippen LogP contribution in [0.5, 0.6) is 0 Å². The molecule has 0 bridgehead atoms. The maximum Gasteiger partial charge on any atom is 0.0366 e. The maximum absolute atomic E-state index is 5.98. The molecule has 0 amide bonds. The van der Waals surface area contributed by atoms with Crippen molar-refractivity contribution in [2.45, 2.75) is 18.4 Å². The van der Waals surface area contributed by atoms with Crippen LogP contribution in [0.4, 0.5) is 5.69 Å². The third kappa shape index (κ3) is 2.71. The van der Waals surface area contributed by atoms with E-state index in [4.69, 9.17) is 5.73 Å². The molecule has 1 saturated heterocycles. The summed E-state index contributed by atoms with van der Waals surface area (Å²) in [5, 5.41) is 0. The zero-order valence-electron chi connectivity index (χ0n) is 11.2.